The van der Waals surface area contributed by atoms with E-state index in [1.54, 1.807) is 18.7 Å². The van der Waals surface area contributed by atoms with E-state index in [0.717, 1.165) is 0 Å². The fourth-order valence-corrected chi connectivity index (χ4v) is 3.79. The zero-order chi connectivity index (χ0) is 26.3. The zero-order valence-corrected chi connectivity index (χ0v) is 20.6. The van der Waals surface area contributed by atoms with Crippen LogP contribution < -0.4 is 5.32 Å². The Bertz CT molecular complexity index is 962. The molecule has 11 heteroatoms. The number of carbonyl (C=O) groups excluding carboxylic acids is 4. The molecule has 0 spiro atoms. The number of nitriles is 1. The fraction of sp³-hybridized carbons (Fsp3) is 0.560. The molecule has 1 fully saturated rings. The topological polar surface area (TPSA) is 147 Å². The lowest BCUT2D eigenvalue weighted by Crippen LogP contribution is -2.51. The Kier molecular flexibility index (Phi) is 12.3. The highest BCUT2D eigenvalue weighted by Crippen LogP contribution is 2.17. The van der Waals surface area contributed by atoms with Crippen LogP contribution in [0.2, 0.25) is 0 Å². The lowest BCUT2D eigenvalue weighted by atomic mass is 10.0. The minimum atomic E-state index is -0.880. The Balaban J connectivity index is 2.04. The molecule has 1 aliphatic heterocycles. The molecule has 1 N–H and O–H groups in total. The van der Waals surface area contributed by atoms with Gasteiger partial charge in [-0.2, -0.15) is 10.3 Å². The average molecular weight is 501 g/mol. The summed E-state index contributed by atoms with van der Waals surface area (Å²) in [5.41, 5.74) is 0.726. The van der Waals surface area contributed by atoms with Crippen LogP contribution in [0.1, 0.15) is 55.5 Å². The molecule has 0 saturated carbocycles. The van der Waals surface area contributed by atoms with Gasteiger partial charge in [0.15, 0.2) is 6.23 Å². The molecule has 1 aromatic rings. The third kappa shape index (κ3) is 9.23. The summed E-state index contributed by atoms with van der Waals surface area (Å²) < 4.78 is 15.9. The van der Waals surface area contributed by atoms with E-state index in [9.17, 15) is 19.2 Å². The van der Waals surface area contributed by atoms with E-state index in [1.165, 1.54) is 30.3 Å². The van der Waals surface area contributed by atoms with Gasteiger partial charge in [0.1, 0.15) is 12.6 Å². The summed E-state index contributed by atoms with van der Waals surface area (Å²) in [4.78, 5) is 53.7. The van der Waals surface area contributed by atoms with E-state index >= 15 is 0 Å². The number of hydrogen-bond donors (Lipinski definition) is 1. The number of piperidine rings is 1. The molecule has 1 unspecified atom stereocenters. The van der Waals surface area contributed by atoms with E-state index < -0.39 is 24.1 Å². The molecule has 11 nitrogen and oxygen atoms in total. The Labute approximate surface area is 210 Å². The molecule has 1 heterocycles. The molecule has 0 aromatic heterocycles. The Morgan fingerprint density at radius 1 is 1.14 bits per heavy atom. The van der Waals surface area contributed by atoms with Gasteiger partial charge in [0.25, 0.3) is 5.91 Å². The summed E-state index contributed by atoms with van der Waals surface area (Å²) in [6.07, 6.45) is 2.03. The van der Waals surface area contributed by atoms with Crippen LogP contribution in [-0.2, 0) is 28.6 Å². The second-order valence-electron chi connectivity index (χ2n) is 8.06. The van der Waals surface area contributed by atoms with Crippen LogP contribution in [0, 0.1) is 11.3 Å². The van der Waals surface area contributed by atoms with Gasteiger partial charge in [-0.15, -0.1) is 0 Å². The SMILES string of the molecule is CCOC(=O)COC1CCN(C(=O)[C@H](CCC(N=C=O)OCC)NC(=O)c2ccc(C#N)cc2)CC1. The third-order valence-electron chi connectivity index (χ3n) is 5.63. The Morgan fingerprint density at radius 3 is 2.42 bits per heavy atom. The second kappa shape index (κ2) is 15.4. The summed E-state index contributed by atoms with van der Waals surface area (Å²) in [5, 5.41) is 11.7. The normalized spacial score (nSPS) is 15.2. The first kappa shape index (κ1) is 28.7. The van der Waals surface area contributed by atoms with Crippen molar-refractivity contribution in [3.05, 3.63) is 35.4 Å². The Hall–Kier alpha value is -3.58. The highest BCUT2D eigenvalue weighted by atomic mass is 16.6. The molecular weight excluding hydrogens is 468 g/mol. The zero-order valence-electron chi connectivity index (χ0n) is 20.6. The van der Waals surface area contributed by atoms with Crippen LogP contribution in [0.4, 0.5) is 0 Å². The van der Waals surface area contributed by atoms with Crippen LogP contribution in [0.25, 0.3) is 0 Å². The fourth-order valence-electron chi connectivity index (χ4n) is 3.79. The van der Waals surface area contributed by atoms with Crippen LogP contribution in [0.5, 0.6) is 0 Å². The van der Waals surface area contributed by atoms with E-state index in [2.05, 4.69) is 10.3 Å². The van der Waals surface area contributed by atoms with Gasteiger partial charge in [0, 0.05) is 25.3 Å². The standard InChI is InChI=1S/C25H32N4O7/c1-3-34-22(27-17-30)10-9-21(28-24(32)19-7-5-18(15-26)6-8-19)25(33)29-13-11-20(12-14-29)36-16-23(31)35-4-2/h5-8,20-22H,3-4,9-14,16H2,1-2H3,(H,28,32)/t21-,22?/m0/s1. The number of aliphatic imine (C=N–C) groups is 1. The van der Waals surface area contributed by atoms with Gasteiger partial charge in [-0.1, -0.05) is 0 Å². The van der Waals surface area contributed by atoms with Gasteiger partial charge in [-0.3, -0.25) is 9.59 Å². The largest absolute Gasteiger partial charge is 0.464 e. The predicted octanol–water partition coefficient (Wildman–Crippen LogP) is 1.71. The summed E-state index contributed by atoms with van der Waals surface area (Å²) >= 11 is 0. The molecule has 2 amide bonds. The molecule has 36 heavy (non-hydrogen) atoms. The van der Waals surface area contributed by atoms with Crippen molar-refractivity contribution < 1.29 is 33.4 Å². The van der Waals surface area contributed by atoms with E-state index in [1.807, 2.05) is 6.07 Å². The molecule has 2 rings (SSSR count). The van der Waals surface area contributed by atoms with Gasteiger partial charge in [0.05, 0.1) is 24.3 Å². The second-order valence-corrected chi connectivity index (χ2v) is 8.06. The van der Waals surface area contributed by atoms with Crippen LogP contribution in [-0.4, -0.2) is 80.0 Å². The highest BCUT2D eigenvalue weighted by Gasteiger charge is 2.30. The number of likely N-dealkylation sites (tertiary alicyclic amines) is 1. The van der Waals surface area contributed by atoms with E-state index in [-0.39, 0.29) is 38.1 Å². The van der Waals surface area contributed by atoms with Crippen molar-refractivity contribution in [2.45, 2.75) is 57.9 Å². The molecule has 0 bridgehead atoms. The molecule has 1 aliphatic rings. The number of hydrogen-bond acceptors (Lipinski definition) is 9. The summed E-state index contributed by atoms with van der Waals surface area (Å²) in [6.45, 7) is 4.76. The van der Waals surface area contributed by atoms with Gasteiger partial charge < -0.3 is 24.4 Å². The van der Waals surface area contributed by atoms with Gasteiger partial charge in [-0.25, -0.2) is 9.59 Å². The molecule has 2 atom stereocenters. The van der Waals surface area contributed by atoms with Crippen molar-refractivity contribution in [2.75, 3.05) is 32.9 Å². The molecule has 1 aromatic carbocycles. The lowest BCUT2D eigenvalue weighted by molar-refractivity contribution is -0.152. The van der Waals surface area contributed by atoms with Crippen LogP contribution >= 0.6 is 0 Å². The maximum atomic E-state index is 13.4. The Morgan fingerprint density at radius 2 is 1.83 bits per heavy atom. The van der Waals surface area contributed by atoms with Crippen LogP contribution in [0.3, 0.4) is 0 Å². The van der Waals surface area contributed by atoms with Gasteiger partial charge in [0.2, 0.25) is 12.0 Å². The third-order valence-corrected chi connectivity index (χ3v) is 5.63. The van der Waals surface area contributed by atoms with Crippen molar-refractivity contribution in [1.29, 1.82) is 5.26 Å². The maximum absolute atomic E-state index is 13.4. The smallest absolute Gasteiger partial charge is 0.332 e. The molecular formula is C25H32N4O7. The van der Waals surface area contributed by atoms with Crippen molar-refractivity contribution in [3.63, 3.8) is 0 Å². The summed E-state index contributed by atoms with van der Waals surface area (Å²) in [7, 11) is 0. The van der Waals surface area contributed by atoms with Gasteiger partial charge >= 0.3 is 5.97 Å². The molecule has 0 aliphatic carbocycles. The number of amides is 2. The first-order chi connectivity index (χ1) is 17.4. The number of nitrogens with zero attached hydrogens (tertiary/aromatic N) is 3. The highest BCUT2D eigenvalue weighted by molar-refractivity contribution is 5.97. The number of carbonyl (C=O) groups is 3. The monoisotopic (exact) mass is 500 g/mol. The maximum Gasteiger partial charge on any atom is 0.332 e. The number of esters is 1. The quantitative estimate of drug-likeness (QED) is 0.245. The minimum Gasteiger partial charge on any atom is -0.464 e. The first-order valence-corrected chi connectivity index (χ1v) is 12.0. The van der Waals surface area contributed by atoms with Crippen molar-refractivity contribution >= 4 is 23.9 Å². The van der Waals surface area contributed by atoms with Crippen LogP contribution in [0.15, 0.2) is 29.3 Å². The number of isocyanates is 1. The number of nitrogens with one attached hydrogen (secondary N) is 1. The minimum absolute atomic E-state index is 0.133. The lowest BCUT2D eigenvalue weighted by Gasteiger charge is -2.34. The summed E-state index contributed by atoms with van der Waals surface area (Å²) in [6, 6.07) is 7.19. The van der Waals surface area contributed by atoms with E-state index in [4.69, 9.17) is 19.5 Å². The molecule has 1 saturated heterocycles. The predicted molar refractivity (Wildman–Crippen MR) is 127 cm³/mol. The van der Waals surface area contributed by atoms with Gasteiger partial charge in [-0.05, 0) is 63.8 Å². The van der Waals surface area contributed by atoms with Crippen molar-refractivity contribution in [3.8, 4) is 6.07 Å². The van der Waals surface area contributed by atoms with Crippen molar-refractivity contribution in [1.82, 2.24) is 10.2 Å². The number of rotatable bonds is 13. The van der Waals surface area contributed by atoms with E-state index in [0.29, 0.717) is 43.7 Å². The summed E-state index contributed by atoms with van der Waals surface area (Å²) in [5.74, 6) is -1.16. The molecule has 194 valence electrons. The first-order valence-electron chi connectivity index (χ1n) is 12.0. The number of benzene rings is 1. The van der Waals surface area contributed by atoms with Crippen molar-refractivity contribution in [2.24, 2.45) is 4.99 Å². The molecule has 0 radical (unpaired) electrons. The average Bonchev–Trinajstić information content (AvgIpc) is 2.90. The number of ether oxygens (including phenoxy) is 3.